The van der Waals surface area contributed by atoms with E-state index in [2.05, 4.69) is 74.5 Å². The number of hydrogen-bond acceptors (Lipinski definition) is 3. The zero-order valence-electron chi connectivity index (χ0n) is 19.5. The summed E-state index contributed by atoms with van der Waals surface area (Å²) in [5, 5.41) is 0.694. The van der Waals surface area contributed by atoms with Crippen molar-refractivity contribution in [3.05, 3.63) is 88.1 Å². The van der Waals surface area contributed by atoms with Crippen LogP contribution in [0.5, 0.6) is 0 Å². The first-order valence-corrected chi connectivity index (χ1v) is 11.6. The SMILES string of the molecule is Cc1cc(/C=C2\SC(=Nc3ccccc3)N(C)C2=O)c(C)n1-c1ccc(C(C)(C)C)cc1. The molecule has 5 heteroatoms. The number of benzene rings is 2. The Kier molecular flexibility index (Phi) is 5.87. The molecule has 1 aliphatic heterocycles. The van der Waals surface area contributed by atoms with E-state index >= 15 is 0 Å². The highest BCUT2D eigenvalue weighted by molar-refractivity contribution is 8.18. The summed E-state index contributed by atoms with van der Waals surface area (Å²) in [7, 11) is 1.78. The van der Waals surface area contributed by atoms with Gasteiger partial charge in [0.1, 0.15) is 0 Å². The van der Waals surface area contributed by atoms with Crippen LogP contribution in [0.1, 0.15) is 43.3 Å². The van der Waals surface area contributed by atoms with Crippen molar-refractivity contribution < 1.29 is 4.79 Å². The van der Waals surface area contributed by atoms with Gasteiger partial charge in [-0.1, -0.05) is 51.1 Å². The third-order valence-corrected chi connectivity index (χ3v) is 6.79. The predicted molar refractivity (Wildman–Crippen MR) is 136 cm³/mol. The maximum atomic E-state index is 12.9. The van der Waals surface area contributed by atoms with Crippen LogP contribution in [-0.2, 0) is 10.2 Å². The van der Waals surface area contributed by atoms with Gasteiger partial charge in [0.15, 0.2) is 5.17 Å². The van der Waals surface area contributed by atoms with Gasteiger partial charge in [0.25, 0.3) is 5.91 Å². The molecule has 0 radical (unpaired) electrons. The van der Waals surface area contributed by atoms with Crippen molar-refractivity contribution in [2.75, 3.05) is 7.05 Å². The molecule has 0 unspecified atom stereocenters. The number of amidine groups is 1. The summed E-state index contributed by atoms with van der Waals surface area (Å²) >= 11 is 1.42. The summed E-state index contributed by atoms with van der Waals surface area (Å²) in [4.78, 5) is 19.8. The number of likely N-dealkylation sites (N-methyl/N-ethyl adjacent to an activating group) is 1. The van der Waals surface area contributed by atoms with Gasteiger partial charge in [0.05, 0.1) is 10.6 Å². The van der Waals surface area contributed by atoms with Crippen LogP contribution in [0, 0.1) is 13.8 Å². The molecule has 1 amide bonds. The fourth-order valence-electron chi connectivity index (χ4n) is 3.85. The quantitative estimate of drug-likeness (QED) is 0.426. The van der Waals surface area contributed by atoms with E-state index in [1.165, 1.54) is 17.3 Å². The fraction of sp³-hybridized carbons (Fsp3) is 0.259. The molecule has 3 aromatic rings. The van der Waals surface area contributed by atoms with Crippen LogP contribution in [-0.4, -0.2) is 27.6 Å². The molecular formula is C27H29N3OS. The molecule has 0 bridgehead atoms. The minimum atomic E-state index is -0.0241. The molecule has 164 valence electrons. The van der Waals surface area contributed by atoms with Crippen molar-refractivity contribution in [2.45, 2.75) is 40.0 Å². The third-order valence-electron chi connectivity index (χ3n) is 5.73. The van der Waals surface area contributed by atoms with Crippen LogP contribution in [0.15, 0.2) is 70.6 Å². The third kappa shape index (κ3) is 4.30. The second-order valence-electron chi connectivity index (χ2n) is 9.16. The maximum Gasteiger partial charge on any atom is 0.266 e. The predicted octanol–water partition coefficient (Wildman–Crippen LogP) is 6.63. The first kappa shape index (κ1) is 22.2. The van der Waals surface area contributed by atoms with E-state index < -0.39 is 0 Å². The number of amides is 1. The Morgan fingerprint density at radius 3 is 2.25 bits per heavy atom. The number of nitrogens with zero attached hydrogens (tertiary/aromatic N) is 3. The number of para-hydroxylation sites is 1. The molecule has 1 fully saturated rings. The number of carbonyl (C=O) groups is 1. The smallest absolute Gasteiger partial charge is 0.266 e. The number of aromatic nitrogens is 1. The maximum absolute atomic E-state index is 12.9. The summed E-state index contributed by atoms with van der Waals surface area (Å²) in [6.45, 7) is 10.9. The summed E-state index contributed by atoms with van der Waals surface area (Å²) in [6.07, 6.45) is 1.99. The molecule has 0 saturated carbocycles. The lowest BCUT2D eigenvalue weighted by Gasteiger charge is -2.20. The second-order valence-corrected chi connectivity index (χ2v) is 10.2. The minimum absolute atomic E-state index is 0.0241. The molecule has 1 aliphatic rings. The van der Waals surface area contributed by atoms with Crippen molar-refractivity contribution in [1.29, 1.82) is 0 Å². The molecule has 32 heavy (non-hydrogen) atoms. The summed E-state index contributed by atoms with van der Waals surface area (Å²) in [6, 6.07) is 20.6. The van der Waals surface area contributed by atoms with E-state index in [0.29, 0.717) is 10.1 Å². The van der Waals surface area contributed by atoms with Crippen molar-refractivity contribution in [3.8, 4) is 5.69 Å². The summed E-state index contributed by atoms with van der Waals surface area (Å²) < 4.78 is 2.24. The van der Waals surface area contributed by atoms with Gasteiger partial charge < -0.3 is 4.57 Å². The number of hydrogen-bond donors (Lipinski definition) is 0. The molecule has 2 aromatic carbocycles. The Bertz CT molecular complexity index is 1210. The van der Waals surface area contributed by atoms with Crippen LogP contribution in [0.2, 0.25) is 0 Å². The average Bonchev–Trinajstić information content (AvgIpc) is 3.18. The fourth-order valence-corrected chi connectivity index (χ4v) is 4.83. The molecule has 1 saturated heterocycles. The van der Waals surface area contributed by atoms with E-state index in [1.807, 2.05) is 36.4 Å². The number of aryl methyl sites for hydroxylation is 1. The highest BCUT2D eigenvalue weighted by atomic mass is 32.2. The summed E-state index contributed by atoms with van der Waals surface area (Å²) in [5.41, 5.74) is 6.71. The van der Waals surface area contributed by atoms with Crippen molar-refractivity contribution in [1.82, 2.24) is 9.47 Å². The van der Waals surface area contributed by atoms with Crippen molar-refractivity contribution in [3.63, 3.8) is 0 Å². The van der Waals surface area contributed by atoms with Crippen LogP contribution < -0.4 is 0 Å². The molecule has 4 nitrogen and oxygen atoms in total. The molecule has 0 atom stereocenters. The zero-order chi connectivity index (χ0) is 23.0. The first-order valence-electron chi connectivity index (χ1n) is 10.8. The van der Waals surface area contributed by atoms with Crippen LogP contribution >= 0.6 is 11.8 Å². The van der Waals surface area contributed by atoms with Gasteiger partial charge in [-0.15, -0.1) is 0 Å². The van der Waals surface area contributed by atoms with Crippen LogP contribution in [0.4, 0.5) is 5.69 Å². The van der Waals surface area contributed by atoms with E-state index in [0.717, 1.165) is 28.3 Å². The molecule has 0 aliphatic carbocycles. The van der Waals surface area contributed by atoms with E-state index in [4.69, 9.17) is 0 Å². The number of carbonyl (C=O) groups excluding carboxylic acids is 1. The van der Waals surface area contributed by atoms with Crippen LogP contribution in [0.3, 0.4) is 0 Å². The first-order chi connectivity index (χ1) is 15.1. The highest BCUT2D eigenvalue weighted by Crippen LogP contribution is 2.34. The Labute approximate surface area is 194 Å². The lowest BCUT2D eigenvalue weighted by Crippen LogP contribution is -2.23. The molecule has 4 rings (SSSR count). The Balaban J connectivity index is 1.66. The Morgan fingerprint density at radius 1 is 0.969 bits per heavy atom. The van der Waals surface area contributed by atoms with Gasteiger partial charge in [-0.25, -0.2) is 4.99 Å². The van der Waals surface area contributed by atoms with Gasteiger partial charge in [-0.2, -0.15) is 0 Å². The normalized spacial score (nSPS) is 17.1. The monoisotopic (exact) mass is 443 g/mol. The summed E-state index contributed by atoms with van der Waals surface area (Å²) in [5.74, 6) is -0.0241. The molecular weight excluding hydrogens is 414 g/mol. The minimum Gasteiger partial charge on any atom is -0.318 e. The van der Waals surface area contributed by atoms with Gasteiger partial charge in [0.2, 0.25) is 0 Å². The number of thioether (sulfide) groups is 1. The number of aliphatic imine (C=N–C) groups is 1. The van der Waals surface area contributed by atoms with Crippen molar-refractivity contribution in [2.24, 2.45) is 4.99 Å². The zero-order valence-corrected chi connectivity index (χ0v) is 20.3. The van der Waals surface area contributed by atoms with Gasteiger partial charge in [-0.3, -0.25) is 9.69 Å². The van der Waals surface area contributed by atoms with Crippen LogP contribution in [0.25, 0.3) is 11.8 Å². The molecule has 1 aromatic heterocycles. The molecule has 0 spiro atoms. The van der Waals surface area contributed by atoms with E-state index in [1.54, 1.807) is 11.9 Å². The highest BCUT2D eigenvalue weighted by Gasteiger charge is 2.30. The average molecular weight is 444 g/mol. The van der Waals surface area contributed by atoms with E-state index in [9.17, 15) is 4.79 Å². The second kappa shape index (κ2) is 8.47. The van der Waals surface area contributed by atoms with Gasteiger partial charge in [-0.05, 0) is 78.6 Å². The van der Waals surface area contributed by atoms with Gasteiger partial charge in [0, 0.05) is 24.1 Å². The number of rotatable bonds is 3. The largest absolute Gasteiger partial charge is 0.318 e. The van der Waals surface area contributed by atoms with Crippen molar-refractivity contribution >= 4 is 34.6 Å². The lowest BCUT2D eigenvalue weighted by atomic mass is 9.87. The van der Waals surface area contributed by atoms with Gasteiger partial charge >= 0.3 is 0 Å². The molecule has 0 N–H and O–H groups in total. The Hall–Kier alpha value is -3.05. The molecule has 2 heterocycles. The standard InChI is InChI=1S/C27H29N3OS/c1-18-16-20(19(2)30(18)23-14-12-21(13-15-23)27(3,4)5)17-24-25(31)29(6)26(32-24)28-22-10-8-7-9-11-22/h7-17H,1-6H3/b24-17-,28-26?. The van der Waals surface area contributed by atoms with E-state index in [-0.39, 0.29) is 11.3 Å². The Morgan fingerprint density at radius 2 is 1.62 bits per heavy atom. The topological polar surface area (TPSA) is 37.6 Å². The lowest BCUT2D eigenvalue weighted by molar-refractivity contribution is -0.121.